The average Bonchev–Trinajstić information content (AvgIpc) is 2.96. The van der Waals surface area contributed by atoms with Gasteiger partial charge in [0.15, 0.2) is 0 Å². The number of hydrogen-bond donors (Lipinski definition) is 2. The van der Waals surface area contributed by atoms with E-state index in [2.05, 4.69) is 4.72 Å². The lowest BCUT2D eigenvalue weighted by molar-refractivity contribution is 0.300. The van der Waals surface area contributed by atoms with Crippen molar-refractivity contribution in [2.75, 3.05) is 6.61 Å². The van der Waals surface area contributed by atoms with E-state index in [9.17, 15) is 8.42 Å². The first-order valence-corrected chi connectivity index (χ1v) is 9.74. The van der Waals surface area contributed by atoms with Crippen molar-refractivity contribution in [3.8, 4) is 0 Å². The molecule has 0 saturated carbocycles. The molecule has 0 bridgehead atoms. The van der Waals surface area contributed by atoms with Gasteiger partial charge in [-0.2, -0.15) is 0 Å². The lowest BCUT2D eigenvalue weighted by Gasteiger charge is -2.13. The third-order valence-corrected chi connectivity index (χ3v) is 7.30. The number of aliphatic hydroxyl groups excluding tert-OH is 1. The summed E-state index contributed by atoms with van der Waals surface area (Å²) in [7, 11) is -3.52. The summed E-state index contributed by atoms with van der Waals surface area (Å²) in [4.78, 5) is 3.18. The molecule has 1 atom stereocenters. The van der Waals surface area contributed by atoms with Gasteiger partial charge < -0.3 is 5.11 Å². The highest BCUT2D eigenvalue weighted by Gasteiger charge is 2.22. The van der Waals surface area contributed by atoms with Crippen LogP contribution in [-0.2, 0) is 16.4 Å². The summed E-state index contributed by atoms with van der Waals surface area (Å²) in [5.41, 5.74) is 1.02. The van der Waals surface area contributed by atoms with E-state index in [4.69, 9.17) is 5.11 Å². The summed E-state index contributed by atoms with van der Waals surface area (Å²) in [6.45, 7) is 5.90. The minimum absolute atomic E-state index is 0.0250. The molecule has 7 heteroatoms. The summed E-state index contributed by atoms with van der Waals surface area (Å²) >= 11 is 2.87. The number of sulfonamides is 1. The first kappa shape index (κ1) is 16.6. The second-order valence-corrected chi connectivity index (χ2v) is 9.48. The number of aliphatic hydroxyl groups is 1. The van der Waals surface area contributed by atoms with Crippen molar-refractivity contribution < 1.29 is 13.5 Å². The first-order valence-electron chi connectivity index (χ1n) is 6.62. The van der Waals surface area contributed by atoms with E-state index in [0.717, 1.165) is 15.3 Å². The van der Waals surface area contributed by atoms with Gasteiger partial charge in [0, 0.05) is 33.7 Å². The third-order valence-electron chi connectivity index (χ3n) is 3.14. The van der Waals surface area contributed by atoms with Crippen molar-refractivity contribution in [2.45, 2.75) is 37.4 Å². The molecule has 0 spiro atoms. The van der Waals surface area contributed by atoms with Crippen LogP contribution in [0.5, 0.6) is 0 Å². The molecule has 2 aromatic heterocycles. The van der Waals surface area contributed by atoms with Crippen LogP contribution in [0, 0.1) is 13.8 Å². The topological polar surface area (TPSA) is 66.4 Å². The molecule has 2 rings (SSSR count). The highest BCUT2D eigenvalue weighted by molar-refractivity contribution is 7.91. The second kappa shape index (κ2) is 6.58. The number of rotatable bonds is 6. The zero-order valence-corrected chi connectivity index (χ0v) is 14.7. The van der Waals surface area contributed by atoms with Crippen LogP contribution in [0.1, 0.15) is 33.2 Å². The monoisotopic (exact) mass is 345 g/mol. The molecule has 0 radical (unpaired) electrons. The summed E-state index contributed by atoms with van der Waals surface area (Å²) in [5, 5.41) is 8.90. The number of aryl methyl sites for hydroxylation is 2. The minimum Gasteiger partial charge on any atom is -0.396 e. The van der Waals surface area contributed by atoms with E-state index in [0.29, 0.717) is 10.6 Å². The fraction of sp³-hybridized carbons (Fsp3) is 0.429. The molecule has 4 nitrogen and oxygen atoms in total. The molecule has 21 heavy (non-hydrogen) atoms. The Labute approximate surface area is 133 Å². The van der Waals surface area contributed by atoms with E-state index in [1.54, 1.807) is 23.5 Å². The van der Waals surface area contributed by atoms with Gasteiger partial charge in [0.25, 0.3) is 10.0 Å². The lowest BCUT2D eigenvalue weighted by atomic mass is 10.1. The fourth-order valence-electron chi connectivity index (χ4n) is 2.18. The van der Waals surface area contributed by atoms with Crippen LogP contribution in [0.3, 0.4) is 0 Å². The predicted octanol–water partition coefficient (Wildman–Crippen LogP) is 3.00. The highest BCUT2D eigenvalue weighted by atomic mass is 32.2. The number of thiophene rings is 2. The number of nitrogens with one attached hydrogen (secondary N) is 1. The molecule has 0 saturated heterocycles. The smallest absolute Gasteiger partial charge is 0.250 e. The van der Waals surface area contributed by atoms with Crippen molar-refractivity contribution in [3.63, 3.8) is 0 Å². The molecule has 2 aromatic rings. The van der Waals surface area contributed by atoms with Gasteiger partial charge in [0.1, 0.15) is 4.21 Å². The Balaban J connectivity index is 2.18. The van der Waals surface area contributed by atoms with Gasteiger partial charge in [-0.1, -0.05) is 0 Å². The largest absolute Gasteiger partial charge is 0.396 e. The molecule has 1 unspecified atom stereocenters. The van der Waals surface area contributed by atoms with Crippen molar-refractivity contribution >= 4 is 32.7 Å². The maximum absolute atomic E-state index is 12.4. The van der Waals surface area contributed by atoms with Gasteiger partial charge in [0.2, 0.25) is 0 Å². The van der Waals surface area contributed by atoms with Crippen LogP contribution in [0.4, 0.5) is 0 Å². The molecule has 2 heterocycles. The zero-order valence-electron chi connectivity index (χ0n) is 12.2. The van der Waals surface area contributed by atoms with Crippen molar-refractivity contribution in [1.82, 2.24) is 4.72 Å². The van der Waals surface area contributed by atoms with Gasteiger partial charge in [-0.25, -0.2) is 13.1 Å². The van der Waals surface area contributed by atoms with Crippen molar-refractivity contribution in [3.05, 3.63) is 38.4 Å². The second-order valence-electron chi connectivity index (χ2n) is 4.91. The first-order chi connectivity index (χ1) is 9.83. The molecule has 0 aliphatic carbocycles. The van der Waals surface area contributed by atoms with Crippen LogP contribution < -0.4 is 4.72 Å². The molecule has 0 amide bonds. The van der Waals surface area contributed by atoms with Gasteiger partial charge in [0.05, 0.1) is 0 Å². The van der Waals surface area contributed by atoms with Crippen LogP contribution in [0.2, 0.25) is 0 Å². The van der Waals surface area contributed by atoms with Crippen LogP contribution in [0.15, 0.2) is 22.4 Å². The summed E-state index contributed by atoms with van der Waals surface area (Å²) in [5.74, 6) is 0. The molecule has 116 valence electrons. The van der Waals surface area contributed by atoms with E-state index >= 15 is 0 Å². The Morgan fingerprint density at radius 2 is 2.00 bits per heavy atom. The third kappa shape index (κ3) is 3.92. The molecule has 0 aliphatic rings. The average molecular weight is 346 g/mol. The minimum atomic E-state index is -3.52. The van der Waals surface area contributed by atoms with Gasteiger partial charge >= 0.3 is 0 Å². The molecule has 0 aliphatic heterocycles. The Kier molecular flexibility index (Phi) is 5.21. The van der Waals surface area contributed by atoms with Crippen molar-refractivity contribution in [2.24, 2.45) is 0 Å². The van der Waals surface area contributed by atoms with E-state index in [-0.39, 0.29) is 12.6 Å². The molecular weight excluding hydrogens is 326 g/mol. The fourth-order valence-corrected chi connectivity index (χ4v) is 5.79. The van der Waals surface area contributed by atoms with E-state index < -0.39 is 10.0 Å². The maximum Gasteiger partial charge on any atom is 0.250 e. The van der Waals surface area contributed by atoms with E-state index in [1.807, 2.05) is 26.8 Å². The SMILES string of the molecule is Cc1cc(C(C)NS(=O)(=O)c2ccc(CCO)s2)c(C)s1. The lowest BCUT2D eigenvalue weighted by Crippen LogP contribution is -2.26. The molecule has 0 aromatic carbocycles. The summed E-state index contributed by atoms with van der Waals surface area (Å²) in [6.07, 6.45) is 0.485. The summed E-state index contributed by atoms with van der Waals surface area (Å²) < 4.78 is 27.8. The number of hydrogen-bond acceptors (Lipinski definition) is 5. The molecular formula is C14H19NO3S3. The standard InChI is InChI=1S/C14H19NO3S3/c1-9-8-13(11(3)19-9)10(2)15-21(17,18)14-5-4-12(20-14)6-7-16/h4-5,8,10,15-16H,6-7H2,1-3H3. The van der Waals surface area contributed by atoms with E-state index in [1.165, 1.54) is 16.2 Å². The normalized spacial score (nSPS) is 13.5. The van der Waals surface area contributed by atoms with Crippen molar-refractivity contribution in [1.29, 1.82) is 0 Å². The zero-order chi connectivity index (χ0) is 15.6. The Morgan fingerprint density at radius 3 is 2.57 bits per heavy atom. The summed E-state index contributed by atoms with van der Waals surface area (Å²) in [6, 6.07) is 5.11. The van der Waals surface area contributed by atoms with Gasteiger partial charge in [-0.05, 0) is 44.5 Å². The molecule has 2 N–H and O–H groups in total. The predicted molar refractivity (Wildman–Crippen MR) is 87.6 cm³/mol. The maximum atomic E-state index is 12.4. The quantitative estimate of drug-likeness (QED) is 0.846. The Hall–Kier alpha value is -0.730. The van der Waals surface area contributed by atoms with Crippen LogP contribution >= 0.6 is 22.7 Å². The Morgan fingerprint density at radius 1 is 1.29 bits per heavy atom. The van der Waals surface area contributed by atoms with Gasteiger partial charge in [-0.15, -0.1) is 22.7 Å². The van der Waals surface area contributed by atoms with Crippen LogP contribution in [-0.4, -0.2) is 20.1 Å². The molecule has 0 fully saturated rings. The van der Waals surface area contributed by atoms with Crippen LogP contribution in [0.25, 0.3) is 0 Å². The van der Waals surface area contributed by atoms with Gasteiger partial charge in [-0.3, -0.25) is 0 Å². The Bertz CT molecular complexity index is 716. The highest BCUT2D eigenvalue weighted by Crippen LogP contribution is 2.28.